The Morgan fingerprint density at radius 2 is 1.63 bits per heavy atom. The highest BCUT2D eigenvalue weighted by atomic mass is 35.5. The zero-order chi connectivity index (χ0) is 18.6. The number of ether oxygens (including phenoxy) is 1. The summed E-state index contributed by atoms with van der Waals surface area (Å²) < 4.78 is 5.67. The molecule has 0 N–H and O–H groups in total. The summed E-state index contributed by atoms with van der Waals surface area (Å²) in [5, 5.41) is 9.60. The van der Waals surface area contributed by atoms with E-state index in [0.717, 1.165) is 5.69 Å². The van der Waals surface area contributed by atoms with Crippen LogP contribution in [0, 0.1) is 0 Å². The van der Waals surface area contributed by atoms with Gasteiger partial charge >= 0.3 is 0 Å². The van der Waals surface area contributed by atoms with Crippen molar-refractivity contribution in [2.75, 3.05) is 0 Å². The zero-order valence-corrected chi connectivity index (χ0v) is 15.3. The molecule has 1 aromatic carbocycles. The van der Waals surface area contributed by atoms with Gasteiger partial charge in [-0.1, -0.05) is 35.3 Å². The molecule has 4 aromatic rings. The molecule has 0 aliphatic carbocycles. The summed E-state index contributed by atoms with van der Waals surface area (Å²) in [6.45, 7) is 0.213. The first-order valence-corrected chi connectivity index (χ1v) is 8.68. The Kier molecular flexibility index (Phi) is 4.95. The van der Waals surface area contributed by atoms with Crippen molar-refractivity contribution in [1.82, 2.24) is 29.9 Å². The maximum atomic E-state index is 6.13. The van der Waals surface area contributed by atoms with Crippen molar-refractivity contribution in [2.45, 2.75) is 6.61 Å². The van der Waals surface area contributed by atoms with Gasteiger partial charge in [0.05, 0.1) is 24.3 Å². The van der Waals surface area contributed by atoms with Crippen LogP contribution in [0.5, 0.6) is 5.75 Å². The minimum absolute atomic E-state index is 0.213. The van der Waals surface area contributed by atoms with Gasteiger partial charge in [-0.05, 0) is 24.3 Å². The highest BCUT2D eigenvalue weighted by molar-refractivity contribution is 6.35. The topological polar surface area (TPSA) is 78.6 Å². The van der Waals surface area contributed by atoms with E-state index in [9.17, 15) is 0 Å². The molecule has 0 saturated heterocycles. The van der Waals surface area contributed by atoms with Gasteiger partial charge in [-0.25, -0.2) is 9.97 Å². The quantitative estimate of drug-likeness (QED) is 0.505. The molecule has 7 nitrogen and oxygen atoms in total. The summed E-state index contributed by atoms with van der Waals surface area (Å²) in [5.41, 5.74) is 2.06. The minimum atomic E-state index is 0.213. The molecular weight excluding hydrogens is 387 g/mol. The molecule has 0 aliphatic heterocycles. The Morgan fingerprint density at radius 1 is 0.852 bits per heavy atom. The van der Waals surface area contributed by atoms with Crippen LogP contribution in [-0.4, -0.2) is 29.9 Å². The van der Waals surface area contributed by atoms with Gasteiger partial charge < -0.3 is 4.74 Å². The number of halogens is 2. The Hall–Kier alpha value is -3.03. The number of hydrogen-bond acceptors (Lipinski definition) is 6. The molecule has 4 rings (SSSR count). The van der Waals surface area contributed by atoms with Gasteiger partial charge in [0.1, 0.15) is 12.3 Å². The number of rotatable bonds is 5. The molecule has 0 fully saturated rings. The molecule has 27 heavy (non-hydrogen) atoms. The van der Waals surface area contributed by atoms with E-state index in [1.165, 1.54) is 17.2 Å². The average Bonchev–Trinajstić information content (AvgIpc) is 3.19. The van der Waals surface area contributed by atoms with E-state index < -0.39 is 0 Å². The van der Waals surface area contributed by atoms with Crippen LogP contribution in [0.1, 0.15) is 5.56 Å². The Morgan fingerprint density at radius 3 is 2.33 bits per heavy atom. The van der Waals surface area contributed by atoms with Crippen LogP contribution in [0.3, 0.4) is 0 Å². The number of aromatic nitrogens is 6. The summed E-state index contributed by atoms with van der Waals surface area (Å²) in [5.74, 6) is 0.798. The van der Waals surface area contributed by atoms with E-state index in [-0.39, 0.29) is 6.61 Å². The van der Waals surface area contributed by atoms with Crippen molar-refractivity contribution in [3.05, 3.63) is 76.8 Å². The molecule has 0 saturated carbocycles. The number of hydrogen-bond donors (Lipinski definition) is 0. The molecule has 0 radical (unpaired) electrons. The smallest absolute Gasteiger partial charge is 0.268 e. The Bertz CT molecular complexity index is 1030. The van der Waals surface area contributed by atoms with E-state index in [2.05, 4.69) is 25.1 Å². The van der Waals surface area contributed by atoms with Gasteiger partial charge in [0, 0.05) is 21.8 Å². The normalized spacial score (nSPS) is 10.7. The van der Waals surface area contributed by atoms with Crippen LogP contribution in [0.15, 0.2) is 61.2 Å². The van der Waals surface area contributed by atoms with Crippen molar-refractivity contribution in [3.8, 4) is 23.1 Å². The third kappa shape index (κ3) is 3.89. The predicted molar refractivity (Wildman–Crippen MR) is 101 cm³/mol. The molecule has 3 aromatic heterocycles. The van der Waals surface area contributed by atoms with Crippen LogP contribution in [0.2, 0.25) is 10.0 Å². The van der Waals surface area contributed by atoms with E-state index in [1.54, 1.807) is 30.6 Å². The van der Waals surface area contributed by atoms with Gasteiger partial charge in [-0.2, -0.15) is 5.10 Å². The van der Waals surface area contributed by atoms with E-state index in [0.29, 0.717) is 33.0 Å². The number of benzene rings is 1. The fraction of sp³-hybridized carbons (Fsp3) is 0.0556. The molecule has 0 aliphatic rings. The highest BCUT2D eigenvalue weighted by Gasteiger charge is 2.10. The fourth-order valence-electron chi connectivity index (χ4n) is 2.30. The molecule has 0 amide bonds. The van der Waals surface area contributed by atoms with Crippen LogP contribution in [-0.2, 0) is 6.61 Å². The zero-order valence-electron chi connectivity index (χ0n) is 13.8. The SMILES string of the molecule is Clc1cccc(Cl)c1COc1cnc(-n2ncc(-c3ccccn3)n2)nc1. The molecular formula is C18H12Cl2N6O. The second-order valence-corrected chi connectivity index (χ2v) is 6.26. The summed E-state index contributed by atoms with van der Waals surface area (Å²) in [4.78, 5) is 14.0. The maximum Gasteiger partial charge on any atom is 0.268 e. The summed E-state index contributed by atoms with van der Waals surface area (Å²) in [6.07, 6.45) is 6.38. The lowest BCUT2D eigenvalue weighted by molar-refractivity contribution is 0.303. The van der Waals surface area contributed by atoms with Gasteiger partial charge in [0.2, 0.25) is 0 Å². The van der Waals surface area contributed by atoms with Gasteiger partial charge in [-0.15, -0.1) is 9.90 Å². The van der Waals surface area contributed by atoms with Crippen molar-refractivity contribution in [3.63, 3.8) is 0 Å². The van der Waals surface area contributed by atoms with E-state index >= 15 is 0 Å². The number of pyridine rings is 1. The largest absolute Gasteiger partial charge is 0.486 e. The lowest BCUT2D eigenvalue weighted by Gasteiger charge is -2.09. The standard InChI is InChI=1S/C18H12Cl2N6O/c19-14-4-3-5-15(20)13(14)11-27-12-8-22-18(23-9-12)26-24-10-17(25-26)16-6-1-2-7-21-16/h1-10H,11H2. The first kappa shape index (κ1) is 17.4. The van der Waals surface area contributed by atoms with Gasteiger partial charge in [0.25, 0.3) is 5.95 Å². The Balaban J connectivity index is 1.47. The van der Waals surface area contributed by atoms with Crippen molar-refractivity contribution < 1.29 is 4.74 Å². The van der Waals surface area contributed by atoms with Crippen molar-refractivity contribution in [1.29, 1.82) is 0 Å². The monoisotopic (exact) mass is 398 g/mol. The molecule has 3 heterocycles. The van der Waals surface area contributed by atoms with E-state index in [4.69, 9.17) is 27.9 Å². The summed E-state index contributed by atoms with van der Waals surface area (Å²) in [7, 11) is 0. The first-order chi connectivity index (χ1) is 13.2. The lowest BCUT2D eigenvalue weighted by atomic mass is 10.2. The molecule has 134 valence electrons. The minimum Gasteiger partial charge on any atom is -0.486 e. The third-order valence-electron chi connectivity index (χ3n) is 3.66. The van der Waals surface area contributed by atoms with Crippen LogP contribution in [0.25, 0.3) is 17.3 Å². The maximum absolute atomic E-state index is 6.13. The van der Waals surface area contributed by atoms with Gasteiger partial charge in [0.15, 0.2) is 5.75 Å². The first-order valence-electron chi connectivity index (χ1n) is 7.92. The Labute approximate surface area is 164 Å². The fourth-order valence-corrected chi connectivity index (χ4v) is 2.81. The second-order valence-electron chi connectivity index (χ2n) is 5.44. The summed E-state index contributed by atoms with van der Waals surface area (Å²) >= 11 is 12.3. The van der Waals surface area contributed by atoms with Crippen LogP contribution < -0.4 is 4.74 Å². The molecule has 9 heteroatoms. The average molecular weight is 399 g/mol. The third-order valence-corrected chi connectivity index (χ3v) is 4.37. The van der Waals surface area contributed by atoms with Gasteiger partial charge in [-0.3, -0.25) is 4.98 Å². The second kappa shape index (κ2) is 7.69. The number of nitrogens with zero attached hydrogens (tertiary/aromatic N) is 6. The molecule has 0 spiro atoms. The lowest BCUT2D eigenvalue weighted by Crippen LogP contribution is -2.05. The molecule has 0 bridgehead atoms. The van der Waals surface area contributed by atoms with Crippen molar-refractivity contribution in [2.24, 2.45) is 0 Å². The van der Waals surface area contributed by atoms with Crippen LogP contribution in [0.4, 0.5) is 0 Å². The van der Waals surface area contributed by atoms with E-state index in [1.807, 2.05) is 18.2 Å². The summed E-state index contributed by atoms with van der Waals surface area (Å²) in [6, 6.07) is 10.9. The highest BCUT2D eigenvalue weighted by Crippen LogP contribution is 2.25. The van der Waals surface area contributed by atoms with Crippen molar-refractivity contribution >= 4 is 23.2 Å². The predicted octanol–water partition coefficient (Wildman–Crippen LogP) is 4.01. The van der Waals surface area contributed by atoms with Crippen LogP contribution >= 0.6 is 23.2 Å². The molecule has 0 unspecified atom stereocenters. The molecule has 0 atom stereocenters.